The Bertz CT molecular complexity index is 683. The van der Waals surface area contributed by atoms with Gasteiger partial charge in [-0.1, -0.05) is 18.9 Å². The second kappa shape index (κ2) is 10.2. The lowest BCUT2D eigenvalue weighted by molar-refractivity contribution is -0.127. The molecule has 2 aliphatic rings. The van der Waals surface area contributed by atoms with Crippen molar-refractivity contribution >= 4 is 5.91 Å². The summed E-state index contributed by atoms with van der Waals surface area (Å²) in [5.74, 6) is 2.19. The molecule has 1 aliphatic carbocycles. The summed E-state index contributed by atoms with van der Waals surface area (Å²) in [5, 5.41) is 3.23. The lowest BCUT2D eigenvalue weighted by Crippen LogP contribution is -2.54. The molecule has 1 heterocycles. The topological polar surface area (TPSA) is 63.3 Å². The van der Waals surface area contributed by atoms with Crippen LogP contribution in [0.3, 0.4) is 0 Å². The highest BCUT2D eigenvalue weighted by molar-refractivity contribution is 5.81. The first-order valence-electron chi connectivity index (χ1n) is 10.6. The Kier molecular flexibility index (Phi) is 7.61. The van der Waals surface area contributed by atoms with Gasteiger partial charge in [0.25, 0.3) is 0 Å². The van der Waals surface area contributed by atoms with Gasteiger partial charge in [0.15, 0.2) is 11.5 Å². The first-order valence-corrected chi connectivity index (χ1v) is 10.6. The van der Waals surface area contributed by atoms with Crippen molar-refractivity contribution in [2.45, 2.75) is 51.2 Å². The Morgan fingerprint density at radius 3 is 2.28 bits per heavy atom. The predicted molar refractivity (Wildman–Crippen MR) is 113 cm³/mol. The lowest BCUT2D eigenvalue weighted by Gasteiger charge is -2.38. The van der Waals surface area contributed by atoms with Crippen molar-refractivity contribution < 1.29 is 19.0 Å². The van der Waals surface area contributed by atoms with Crippen LogP contribution in [0.25, 0.3) is 0 Å². The fourth-order valence-electron chi connectivity index (χ4n) is 4.40. The average molecular weight is 406 g/mol. The number of benzene rings is 1. The molecule has 0 bridgehead atoms. The van der Waals surface area contributed by atoms with Crippen molar-refractivity contribution in [2.75, 3.05) is 47.5 Å². The van der Waals surface area contributed by atoms with Crippen LogP contribution < -0.4 is 19.5 Å². The van der Waals surface area contributed by atoms with Gasteiger partial charge in [0, 0.05) is 44.3 Å². The quantitative estimate of drug-likeness (QED) is 0.716. The van der Waals surface area contributed by atoms with Gasteiger partial charge in [-0.05, 0) is 25.8 Å². The van der Waals surface area contributed by atoms with Gasteiger partial charge < -0.3 is 19.5 Å². The van der Waals surface area contributed by atoms with Gasteiger partial charge in [-0.25, -0.2) is 0 Å². The third kappa shape index (κ3) is 5.14. The van der Waals surface area contributed by atoms with Crippen LogP contribution in [0.2, 0.25) is 0 Å². The second-order valence-electron chi connectivity index (χ2n) is 7.97. The lowest BCUT2D eigenvalue weighted by atomic mass is 10.1. The maximum absolute atomic E-state index is 12.6. The van der Waals surface area contributed by atoms with Crippen LogP contribution in [0.1, 0.15) is 38.2 Å². The summed E-state index contributed by atoms with van der Waals surface area (Å²) in [4.78, 5) is 17.3. The highest BCUT2D eigenvalue weighted by atomic mass is 16.5. The number of nitrogens with one attached hydrogen (secondary N) is 1. The monoisotopic (exact) mass is 405 g/mol. The third-order valence-corrected chi connectivity index (χ3v) is 6.22. The minimum absolute atomic E-state index is 0.0756. The van der Waals surface area contributed by atoms with Gasteiger partial charge in [-0.2, -0.15) is 0 Å². The summed E-state index contributed by atoms with van der Waals surface area (Å²) in [6, 6.07) is 4.25. The van der Waals surface area contributed by atoms with Crippen LogP contribution in [0.4, 0.5) is 0 Å². The number of carbonyl (C=O) groups excluding carboxylic acids is 1. The number of piperazine rings is 1. The first-order chi connectivity index (χ1) is 14.1. The zero-order chi connectivity index (χ0) is 20.8. The van der Waals surface area contributed by atoms with E-state index in [1.54, 1.807) is 21.3 Å². The fourth-order valence-corrected chi connectivity index (χ4v) is 4.40. The molecule has 29 heavy (non-hydrogen) atoms. The van der Waals surface area contributed by atoms with Gasteiger partial charge in [0.05, 0.1) is 27.4 Å². The molecule has 0 spiro atoms. The zero-order valence-electron chi connectivity index (χ0n) is 18.2. The van der Waals surface area contributed by atoms with Crippen molar-refractivity contribution in [3.8, 4) is 17.2 Å². The van der Waals surface area contributed by atoms with Crippen molar-refractivity contribution in [1.29, 1.82) is 0 Å². The van der Waals surface area contributed by atoms with Crippen LogP contribution in [-0.4, -0.2) is 75.3 Å². The van der Waals surface area contributed by atoms with Crippen LogP contribution in [-0.2, 0) is 11.3 Å². The molecule has 1 saturated heterocycles. The standard InChI is InChI=1S/C22H35N3O4/c1-16(22(26)23-18-7-5-6-8-18)25-13-11-24(12-14-25)15-17-9-10-19(27-2)21(29-4)20(17)28-3/h9-10,16,18H,5-8,11-15H2,1-4H3,(H,23,26)/t16-/m0/s1. The summed E-state index contributed by atoms with van der Waals surface area (Å²) in [5.41, 5.74) is 1.07. The first kappa shape index (κ1) is 21.7. The normalized spacial score (nSPS) is 19.7. The Hall–Kier alpha value is -1.99. The molecule has 0 radical (unpaired) electrons. The minimum Gasteiger partial charge on any atom is -0.493 e. The number of amides is 1. The number of hydrogen-bond acceptors (Lipinski definition) is 6. The molecule has 7 nitrogen and oxygen atoms in total. The number of rotatable bonds is 8. The van der Waals surface area contributed by atoms with Gasteiger partial charge >= 0.3 is 0 Å². The number of carbonyl (C=O) groups is 1. The molecule has 1 aromatic carbocycles. The molecule has 1 aromatic rings. The molecule has 1 N–H and O–H groups in total. The zero-order valence-corrected chi connectivity index (χ0v) is 18.2. The van der Waals surface area contributed by atoms with E-state index in [1.807, 2.05) is 19.1 Å². The fraction of sp³-hybridized carbons (Fsp3) is 0.682. The van der Waals surface area contributed by atoms with E-state index in [0.717, 1.165) is 56.9 Å². The maximum Gasteiger partial charge on any atom is 0.237 e. The molecular weight excluding hydrogens is 370 g/mol. The molecule has 0 unspecified atom stereocenters. The van der Waals surface area contributed by atoms with Crippen molar-refractivity contribution in [2.24, 2.45) is 0 Å². The molecule has 0 aromatic heterocycles. The van der Waals surface area contributed by atoms with Crippen LogP contribution in [0, 0.1) is 0 Å². The van der Waals surface area contributed by atoms with Crippen LogP contribution in [0.5, 0.6) is 17.2 Å². The average Bonchev–Trinajstić information content (AvgIpc) is 3.26. The summed E-state index contributed by atoms with van der Waals surface area (Å²) in [6.07, 6.45) is 4.72. The van der Waals surface area contributed by atoms with Gasteiger partial charge in [0.1, 0.15) is 0 Å². The Balaban J connectivity index is 1.55. The molecule has 1 saturated carbocycles. The Morgan fingerprint density at radius 1 is 1.03 bits per heavy atom. The van der Waals surface area contributed by atoms with Crippen molar-refractivity contribution in [3.63, 3.8) is 0 Å². The summed E-state index contributed by atoms with van der Waals surface area (Å²) in [6.45, 7) is 6.40. The van der Waals surface area contributed by atoms with Crippen LogP contribution >= 0.6 is 0 Å². The van der Waals surface area contributed by atoms with E-state index in [2.05, 4.69) is 15.1 Å². The van der Waals surface area contributed by atoms with E-state index < -0.39 is 0 Å². The largest absolute Gasteiger partial charge is 0.493 e. The van der Waals surface area contributed by atoms with Crippen LogP contribution in [0.15, 0.2) is 12.1 Å². The van der Waals surface area contributed by atoms with Crippen molar-refractivity contribution in [3.05, 3.63) is 17.7 Å². The molecule has 1 atom stereocenters. The van der Waals surface area contributed by atoms with Gasteiger partial charge in [0.2, 0.25) is 11.7 Å². The third-order valence-electron chi connectivity index (χ3n) is 6.22. The Labute approximate surface area is 174 Å². The van der Waals surface area contributed by atoms with Gasteiger partial charge in [-0.3, -0.25) is 14.6 Å². The van der Waals surface area contributed by atoms with Gasteiger partial charge in [-0.15, -0.1) is 0 Å². The smallest absolute Gasteiger partial charge is 0.237 e. The molecule has 2 fully saturated rings. The second-order valence-corrected chi connectivity index (χ2v) is 7.97. The number of ether oxygens (including phenoxy) is 3. The maximum atomic E-state index is 12.6. The molecule has 1 aliphatic heterocycles. The van der Waals surface area contributed by atoms with E-state index in [9.17, 15) is 4.79 Å². The van der Waals surface area contributed by atoms with E-state index in [0.29, 0.717) is 17.5 Å². The van der Waals surface area contributed by atoms with E-state index in [4.69, 9.17) is 14.2 Å². The molecular formula is C22H35N3O4. The molecule has 3 rings (SSSR count). The van der Waals surface area contributed by atoms with E-state index in [-0.39, 0.29) is 11.9 Å². The highest BCUT2D eigenvalue weighted by Crippen LogP contribution is 2.40. The summed E-state index contributed by atoms with van der Waals surface area (Å²) in [7, 11) is 4.91. The molecule has 162 valence electrons. The minimum atomic E-state index is -0.0756. The SMILES string of the molecule is COc1ccc(CN2CCN([C@@H](C)C(=O)NC3CCCC3)CC2)c(OC)c1OC. The number of hydrogen-bond donors (Lipinski definition) is 1. The van der Waals surface area contributed by atoms with E-state index in [1.165, 1.54) is 12.8 Å². The number of nitrogens with zero attached hydrogens (tertiary/aromatic N) is 2. The molecule has 7 heteroatoms. The summed E-state index contributed by atoms with van der Waals surface area (Å²) < 4.78 is 16.5. The highest BCUT2D eigenvalue weighted by Gasteiger charge is 2.28. The molecule has 1 amide bonds. The van der Waals surface area contributed by atoms with Crippen molar-refractivity contribution in [1.82, 2.24) is 15.1 Å². The number of methoxy groups -OCH3 is 3. The Morgan fingerprint density at radius 2 is 1.69 bits per heavy atom. The van der Waals surface area contributed by atoms with E-state index >= 15 is 0 Å². The summed E-state index contributed by atoms with van der Waals surface area (Å²) >= 11 is 0. The predicted octanol–water partition coefficient (Wildman–Crippen LogP) is 2.28.